The Kier molecular flexibility index (Phi) is 5.80. The Hall–Kier alpha value is -2.44. The number of hydrogen-bond donors (Lipinski definition) is 2. The fourth-order valence-electron chi connectivity index (χ4n) is 3.67. The van der Waals surface area contributed by atoms with Gasteiger partial charge in [0.2, 0.25) is 10.0 Å². The summed E-state index contributed by atoms with van der Waals surface area (Å²) in [5, 5.41) is 13.7. The number of tetrazole rings is 1. The van der Waals surface area contributed by atoms with Crippen LogP contribution >= 0.6 is 11.6 Å². The van der Waals surface area contributed by atoms with E-state index in [1.165, 1.54) is 16.4 Å². The molecule has 3 aromatic rings. The molecule has 1 aliphatic heterocycles. The zero-order valence-electron chi connectivity index (χ0n) is 16.1. The van der Waals surface area contributed by atoms with Gasteiger partial charge in [0.05, 0.1) is 17.6 Å². The van der Waals surface area contributed by atoms with Crippen LogP contribution in [0.4, 0.5) is 4.39 Å². The number of hydrogen-bond acceptors (Lipinski definition) is 7. The van der Waals surface area contributed by atoms with Crippen molar-refractivity contribution in [2.45, 2.75) is 25.7 Å². The Bertz CT molecular complexity index is 1100. The third-order valence-electron chi connectivity index (χ3n) is 5.26. The molecular weight excluding hydrogens is 435 g/mol. The van der Waals surface area contributed by atoms with Crippen LogP contribution in [0, 0.1) is 11.7 Å². The fraction of sp³-hybridized carbons (Fsp3) is 0.471. The van der Waals surface area contributed by atoms with Crippen molar-refractivity contribution < 1.29 is 12.8 Å². The fourth-order valence-corrected chi connectivity index (χ4v) is 5.49. The Balaban J connectivity index is 1.45. The minimum absolute atomic E-state index is 0.0165. The van der Waals surface area contributed by atoms with E-state index in [1.54, 1.807) is 0 Å². The van der Waals surface area contributed by atoms with E-state index in [4.69, 9.17) is 11.6 Å². The summed E-state index contributed by atoms with van der Waals surface area (Å²) in [6.45, 7) is 2.74. The SMILES string of the molecule is C[C@H]1CN(S(=O)(=O)CCc2nn[nH]n2)CC[C@H]1c1[nH]c(-c2ccc(F)cn2)nc1Cl. The maximum Gasteiger partial charge on any atom is 0.214 e. The predicted octanol–water partition coefficient (Wildman–Crippen LogP) is 1.78. The molecule has 2 atom stereocenters. The van der Waals surface area contributed by atoms with E-state index >= 15 is 0 Å². The van der Waals surface area contributed by atoms with E-state index in [1.807, 2.05) is 6.92 Å². The first-order chi connectivity index (χ1) is 14.3. The molecule has 30 heavy (non-hydrogen) atoms. The van der Waals surface area contributed by atoms with Gasteiger partial charge >= 0.3 is 0 Å². The molecule has 4 heterocycles. The molecular formula is C17H20ClFN8O2S. The second-order valence-electron chi connectivity index (χ2n) is 7.28. The zero-order valence-corrected chi connectivity index (χ0v) is 17.7. The first-order valence-corrected chi connectivity index (χ1v) is 11.4. The molecule has 1 saturated heterocycles. The number of sulfonamides is 1. The van der Waals surface area contributed by atoms with Crippen LogP contribution in [0.5, 0.6) is 0 Å². The van der Waals surface area contributed by atoms with Gasteiger partial charge in [0.1, 0.15) is 11.5 Å². The Morgan fingerprint density at radius 1 is 1.37 bits per heavy atom. The van der Waals surface area contributed by atoms with Gasteiger partial charge in [-0.1, -0.05) is 23.7 Å². The first kappa shape index (κ1) is 20.8. The summed E-state index contributed by atoms with van der Waals surface area (Å²) in [4.78, 5) is 11.5. The van der Waals surface area contributed by atoms with Crippen molar-refractivity contribution in [1.82, 2.24) is 39.9 Å². The van der Waals surface area contributed by atoms with Gasteiger partial charge in [0.15, 0.2) is 16.8 Å². The zero-order chi connectivity index (χ0) is 21.3. The Morgan fingerprint density at radius 2 is 2.20 bits per heavy atom. The number of piperidine rings is 1. The number of nitrogens with one attached hydrogen (secondary N) is 2. The topological polar surface area (TPSA) is 133 Å². The molecule has 0 spiro atoms. The second-order valence-corrected chi connectivity index (χ2v) is 9.72. The van der Waals surface area contributed by atoms with Gasteiger partial charge in [-0.25, -0.2) is 27.1 Å². The van der Waals surface area contributed by atoms with E-state index in [0.29, 0.717) is 42.0 Å². The second kappa shape index (κ2) is 8.36. The van der Waals surface area contributed by atoms with Crippen molar-refractivity contribution in [3.05, 3.63) is 40.8 Å². The lowest BCUT2D eigenvalue weighted by Gasteiger charge is -2.35. The maximum atomic E-state index is 13.1. The van der Waals surface area contributed by atoms with Crippen LogP contribution in [0.2, 0.25) is 5.15 Å². The van der Waals surface area contributed by atoms with Gasteiger partial charge in [-0.05, 0) is 24.5 Å². The number of rotatable bonds is 6. The summed E-state index contributed by atoms with van der Waals surface area (Å²) in [7, 11) is -3.44. The van der Waals surface area contributed by atoms with Gasteiger partial charge < -0.3 is 4.98 Å². The summed E-state index contributed by atoms with van der Waals surface area (Å²) >= 11 is 6.36. The smallest absolute Gasteiger partial charge is 0.214 e. The molecule has 10 nitrogen and oxygen atoms in total. The summed E-state index contributed by atoms with van der Waals surface area (Å²) in [5.74, 6) is 0.353. The highest BCUT2D eigenvalue weighted by Crippen LogP contribution is 2.37. The highest BCUT2D eigenvalue weighted by atomic mass is 35.5. The van der Waals surface area contributed by atoms with E-state index in [2.05, 4.69) is 35.6 Å². The van der Waals surface area contributed by atoms with Crippen molar-refractivity contribution in [3.63, 3.8) is 0 Å². The predicted molar refractivity (Wildman–Crippen MR) is 107 cm³/mol. The molecule has 4 rings (SSSR count). The monoisotopic (exact) mass is 454 g/mol. The van der Waals surface area contributed by atoms with Crippen LogP contribution in [0.1, 0.15) is 30.8 Å². The third-order valence-corrected chi connectivity index (χ3v) is 7.39. The van der Waals surface area contributed by atoms with E-state index in [0.717, 1.165) is 11.9 Å². The number of pyridine rings is 1. The molecule has 0 aromatic carbocycles. The van der Waals surface area contributed by atoms with Crippen molar-refractivity contribution in [1.29, 1.82) is 0 Å². The van der Waals surface area contributed by atoms with E-state index in [-0.39, 0.29) is 24.0 Å². The van der Waals surface area contributed by atoms with Crippen molar-refractivity contribution in [2.24, 2.45) is 5.92 Å². The molecule has 160 valence electrons. The normalized spacial score (nSPS) is 20.5. The minimum atomic E-state index is -3.44. The lowest BCUT2D eigenvalue weighted by atomic mass is 9.86. The minimum Gasteiger partial charge on any atom is -0.339 e. The largest absolute Gasteiger partial charge is 0.339 e. The summed E-state index contributed by atoms with van der Waals surface area (Å²) in [5.41, 5.74) is 1.23. The van der Waals surface area contributed by atoms with Crippen LogP contribution < -0.4 is 0 Å². The number of H-pyrrole nitrogens is 2. The van der Waals surface area contributed by atoms with Gasteiger partial charge in [0, 0.05) is 25.4 Å². The number of imidazole rings is 1. The maximum absolute atomic E-state index is 13.1. The van der Waals surface area contributed by atoms with Gasteiger partial charge in [0.25, 0.3) is 0 Å². The van der Waals surface area contributed by atoms with Crippen molar-refractivity contribution in [3.8, 4) is 11.5 Å². The molecule has 1 aliphatic rings. The molecule has 0 unspecified atom stereocenters. The van der Waals surface area contributed by atoms with Gasteiger partial charge in [-0.2, -0.15) is 5.21 Å². The van der Waals surface area contributed by atoms with Crippen LogP contribution in [0.25, 0.3) is 11.5 Å². The number of halogens is 2. The van der Waals surface area contributed by atoms with Crippen LogP contribution in [-0.2, 0) is 16.4 Å². The molecule has 0 saturated carbocycles. The standard InChI is InChI=1S/C17H20ClFN8O2S/c1-10-9-27(30(28,29)7-5-14-23-25-26-24-14)6-4-12(10)15-16(18)22-17(21-15)13-3-2-11(19)8-20-13/h2-3,8,10,12H,4-7,9H2,1H3,(H,21,22)(H,23,24,25,26)/t10-,12+/m0/s1. The van der Waals surface area contributed by atoms with Gasteiger partial charge in [-0.3, -0.25) is 0 Å². The molecule has 3 aromatic heterocycles. The molecule has 0 bridgehead atoms. The number of aryl methyl sites for hydroxylation is 1. The molecule has 0 amide bonds. The third kappa shape index (κ3) is 4.35. The molecule has 2 N–H and O–H groups in total. The average molecular weight is 455 g/mol. The van der Waals surface area contributed by atoms with Crippen LogP contribution in [0.15, 0.2) is 18.3 Å². The molecule has 1 fully saturated rings. The van der Waals surface area contributed by atoms with Crippen LogP contribution in [-0.4, -0.2) is 67.1 Å². The quantitative estimate of drug-likeness (QED) is 0.579. The number of aromatic nitrogens is 7. The number of nitrogens with zero attached hydrogens (tertiary/aromatic N) is 6. The highest BCUT2D eigenvalue weighted by molar-refractivity contribution is 7.89. The number of aromatic amines is 2. The van der Waals surface area contributed by atoms with Crippen LogP contribution in [0.3, 0.4) is 0 Å². The van der Waals surface area contributed by atoms with E-state index < -0.39 is 15.8 Å². The van der Waals surface area contributed by atoms with Gasteiger partial charge in [-0.15, -0.1) is 10.2 Å². The lowest BCUT2D eigenvalue weighted by molar-refractivity contribution is 0.246. The van der Waals surface area contributed by atoms with Crippen molar-refractivity contribution in [2.75, 3.05) is 18.8 Å². The molecule has 0 radical (unpaired) electrons. The van der Waals surface area contributed by atoms with Crippen molar-refractivity contribution >= 4 is 21.6 Å². The lowest BCUT2D eigenvalue weighted by Crippen LogP contribution is -2.43. The Labute approximate surface area is 177 Å². The summed E-state index contributed by atoms with van der Waals surface area (Å²) < 4.78 is 40.0. The first-order valence-electron chi connectivity index (χ1n) is 9.41. The molecule has 0 aliphatic carbocycles. The average Bonchev–Trinajstić information content (AvgIpc) is 3.37. The summed E-state index contributed by atoms with van der Waals surface area (Å²) in [6.07, 6.45) is 1.92. The van der Waals surface area contributed by atoms with E-state index in [9.17, 15) is 12.8 Å². The highest BCUT2D eigenvalue weighted by Gasteiger charge is 2.35. The summed E-state index contributed by atoms with van der Waals surface area (Å²) in [6, 6.07) is 2.83. The molecule has 13 heteroatoms. The Morgan fingerprint density at radius 3 is 2.87 bits per heavy atom.